The largest absolute Gasteiger partial charge is 0.469 e. The van der Waals surface area contributed by atoms with E-state index in [1.54, 1.807) is 18.4 Å². The van der Waals surface area contributed by atoms with Gasteiger partial charge in [0, 0.05) is 6.07 Å². The Morgan fingerprint density at radius 2 is 2.30 bits per heavy atom. The Morgan fingerprint density at radius 1 is 1.50 bits per heavy atom. The number of nitrogens with one attached hydrogen (secondary N) is 1. The van der Waals surface area contributed by atoms with E-state index in [-0.39, 0.29) is 5.91 Å². The molecule has 2 aromatic rings. The van der Waals surface area contributed by atoms with Gasteiger partial charge < -0.3 is 19.0 Å². The highest BCUT2D eigenvalue weighted by molar-refractivity contribution is 5.95. The molecule has 0 aromatic carbocycles. The number of carbonyl (C=O) groups excluding carboxylic acids is 1. The topological polar surface area (TPSA) is 77.5 Å². The Morgan fingerprint density at radius 3 is 2.85 bits per heavy atom. The van der Waals surface area contributed by atoms with Crippen LogP contribution in [0, 0.1) is 12.3 Å². The Bertz CT molecular complexity index is 619. The maximum Gasteiger partial charge on any atom is 0.236 e. The maximum absolute atomic E-state index is 12.2. The van der Waals surface area contributed by atoms with Crippen molar-refractivity contribution in [1.82, 2.24) is 5.16 Å². The average molecular weight is 276 g/mol. The number of aryl methyl sites for hydroxylation is 1. The van der Waals surface area contributed by atoms with E-state index in [0.29, 0.717) is 24.8 Å². The fourth-order valence-electron chi connectivity index (χ4n) is 2.19. The number of nitrogens with zero attached hydrogens (tertiary/aromatic N) is 1. The Labute approximate surface area is 116 Å². The van der Waals surface area contributed by atoms with E-state index in [1.807, 2.05) is 13.8 Å². The molecule has 6 heteroatoms. The monoisotopic (exact) mass is 276 g/mol. The molecule has 1 aliphatic heterocycles. The van der Waals surface area contributed by atoms with Crippen molar-refractivity contribution in [3.63, 3.8) is 0 Å². The molecule has 0 saturated carbocycles. The van der Waals surface area contributed by atoms with Crippen LogP contribution in [0.2, 0.25) is 0 Å². The Kier molecular flexibility index (Phi) is 3.10. The number of rotatable bonds is 4. The molecule has 1 amide bonds. The molecule has 106 valence electrons. The molecule has 3 rings (SSSR count). The van der Waals surface area contributed by atoms with Crippen LogP contribution in [-0.2, 0) is 9.53 Å². The van der Waals surface area contributed by atoms with Crippen LogP contribution in [0.1, 0.15) is 19.1 Å². The third-order valence-electron chi connectivity index (χ3n) is 3.79. The molecule has 0 atom stereocenters. The van der Waals surface area contributed by atoms with Crippen molar-refractivity contribution in [1.29, 1.82) is 0 Å². The second kappa shape index (κ2) is 4.79. The van der Waals surface area contributed by atoms with Crippen LogP contribution in [0.5, 0.6) is 0 Å². The molecule has 1 aliphatic rings. The molecule has 0 bridgehead atoms. The van der Waals surface area contributed by atoms with Gasteiger partial charge in [-0.1, -0.05) is 12.1 Å². The summed E-state index contributed by atoms with van der Waals surface area (Å²) < 4.78 is 15.6. The average Bonchev–Trinajstić information content (AvgIpc) is 2.97. The Hall–Kier alpha value is -2.08. The van der Waals surface area contributed by atoms with Crippen molar-refractivity contribution >= 4 is 11.7 Å². The summed E-state index contributed by atoms with van der Waals surface area (Å²) in [5.41, 5.74) is 0.403. The minimum Gasteiger partial charge on any atom is -0.469 e. The number of amides is 1. The van der Waals surface area contributed by atoms with Crippen molar-refractivity contribution < 1.29 is 18.5 Å². The van der Waals surface area contributed by atoms with Gasteiger partial charge >= 0.3 is 0 Å². The highest BCUT2D eigenvalue weighted by Gasteiger charge is 2.44. The number of anilines is 1. The molecule has 1 saturated heterocycles. The zero-order valence-corrected chi connectivity index (χ0v) is 11.4. The molecule has 20 heavy (non-hydrogen) atoms. The van der Waals surface area contributed by atoms with E-state index in [0.717, 1.165) is 17.7 Å². The fourth-order valence-corrected chi connectivity index (χ4v) is 2.19. The van der Waals surface area contributed by atoms with Crippen LogP contribution in [0.25, 0.3) is 11.3 Å². The summed E-state index contributed by atoms with van der Waals surface area (Å²) in [6.45, 7) is 4.74. The smallest absolute Gasteiger partial charge is 0.236 e. The summed E-state index contributed by atoms with van der Waals surface area (Å²) in [5.74, 6) is 1.65. The molecule has 0 radical (unpaired) electrons. The van der Waals surface area contributed by atoms with Gasteiger partial charge in [0.2, 0.25) is 5.91 Å². The van der Waals surface area contributed by atoms with Gasteiger partial charge in [-0.15, -0.1) is 0 Å². The lowest BCUT2D eigenvalue weighted by Gasteiger charge is -2.38. The second-order valence-corrected chi connectivity index (χ2v) is 5.05. The molecular weight excluding hydrogens is 260 g/mol. The normalized spacial score (nSPS) is 16.7. The number of aromatic nitrogens is 1. The highest BCUT2D eigenvalue weighted by atomic mass is 16.5. The molecule has 2 aromatic heterocycles. The first-order valence-electron chi connectivity index (χ1n) is 6.55. The first-order chi connectivity index (χ1) is 9.64. The van der Waals surface area contributed by atoms with E-state index in [2.05, 4.69) is 10.5 Å². The van der Waals surface area contributed by atoms with Gasteiger partial charge in [0.15, 0.2) is 11.6 Å². The number of ether oxygens (including phenoxy) is 1. The van der Waals surface area contributed by atoms with Gasteiger partial charge in [-0.3, -0.25) is 4.79 Å². The lowest BCUT2D eigenvalue weighted by Crippen LogP contribution is -2.51. The van der Waals surface area contributed by atoms with Gasteiger partial charge in [-0.2, -0.15) is 0 Å². The standard InChI is InChI=1S/C14H16N2O4/c1-3-14(7-18-8-14)13(17)15-12-6-11(20-16-12)10-4-5-19-9(10)2/h4-6H,3,7-8H2,1-2H3,(H,15,16,17). The van der Waals surface area contributed by atoms with Gasteiger partial charge in [0.05, 0.1) is 30.5 Å². The summed E-state index contributed by atoms with van der Waals surface area (Å²) in [5, 5.41) is 6.65. The predicted octanol–water partition coefficient (Wildman–Crippen LogP) is 2.61. The van der Waals surface area contributed by atoms with Crippen LogP contribution in [0.15, 0.2) is 27.3 Å². The molecule has 1 N–H and O–H groups in total. The first kappa shape index (κ1) is 12.9. The zero-order chi connectivity index (χ0) is 14.2. The van der Waals surface area contributed by atoms with Crippen molar-refractivity contribution in [2.45, 2.75) is 20.3 Å². The van der Waals surface area contributed by atoms with E-state index in [9.17, 15) is 4.79 Å². The fraction of sp³-hybridized carbons (Fsp3) is 0.429. The minimum absolute atomic E-state index is 0.0741. The second-order valence-electron chi connectivity index (χ2n) is 5.05. The zero-order valence-electron chi connectivity index (χ0n) is 11.4. The quantitative estimate of drug-likeness (QED) is 0.928. The minimum atomic E-state index is -0.426. The van der Waals surface area contributed by atoms with E-state index < -0.39 is 5.41 Å². The van der Waals surface area contributed by atoms with Gasteiger partial charge in [-0.05, 0) is 19.4 Å². The van der Waals surface area contributed by atoms with Crippen molar-refractivity contribution in [3.8, 4) is 11.3 Å². The number of hydrogen-bond donors (Lipinski definition) is 1. The number of furan rings is 1. The lowest BCUT2D eigenvalue weighted by molar-refractivity contribution is -0.156. The van der Waals surface area contributed by atoms with Crippen LogP contribution in [0.4, 0.5) is 5.82 Å². The third-order valence-corrected chi connectivity index (χ3v) is 3.79. The molecule has 0 spiro atoms. The molecule has 6 nitrogen and oxygen atoms in total. The molecule has 3 heterocycles. The lowest BCUT2D eigenvalue weighted by atomic mass is 9.82. The van der Waals surface area contributed by atoms with Crippen LogP contribution in [-0.4, -0.2) is 24.3 Å². The summed E-state index contributed by atoms with van der Waals surface area (Å²) in [6.07, 6.45) is 2.33. The summed E-state index contributed by atoms with van der Waals surface area (Å²) in [6, 6.07) is 3.49. The number of carbonyl (C=O) groups is 1. The van der Waals surface area contributed by atoms with E-state index in [4.69, 9.17) is 13.7 Å². The van der Waals surface area contributed by atoms with Gasteiger partial charge in [0.1, 0.15) is 5.76 Å². The number of hydrogen-bond acceptors (Lipinski definition) is 5. The van der Waals surface area contributed by atoms with Crippen molar-refractivity contribution in [3.05, 3.63) is 24.2 Å². The summed E-state index contributed by atoms with van der Waals surface area (Å²) in [7, 11) is 0. The van der Waals surface area contributed by atoms with Crippen LogP contribution in [0.3, 0.4) is 0 Å². The van der Waals surface area contributed by atoms with Gasteiger partial charge in [0.25, 0.3) is 0 Å². The first-order valence-corrected chi connectivity index (χ1v) is 6.55. The summed E-state index contributed by atoms with van der Waals surface area (Å²) >= 11 is 0. The molecule has 1 fully saturated rings. The molecule has 0 unspecified atom stereocenters. The van der Waals surface area contributed by atoms with Gasteiger partial charge in [-0.25, -0.2) is 0 Å². The van der Waals surface area contributed by atoms with Crippen LogP contribution >= 0.6 is 0 Å². The van der Waals surface area contributed by atoms with E-state index in [1.165, 1.54) is 0 Å². The highest BCUT2D eigenvalue weighted by Crippen LogP contribution is 2.33. The van der Waals surface area contributed by atoms with E-state index >= 15 is 0 Å². The maximum atomic E-state index is 12.2. The van der Waals surface area contributed by atoms with Crippen LogP contribution < -0.4 is 5.32 Å². The van der Waals surface area contributed by atoms with Crippen molar-refractivity contribution in [2.75, 3.05) is 18.5 Å². The predicted molar refractivity (Wildman–Crippen MR) is 71.1 cm³/mol. The summed E-state index contributed by atoms with van der Waals surface area (Å²) in [4.78, 5) is 12.2. The molecular formula is C14H16N2O4. The Balaban J connectivity index is 1.75. The molecule has 0 aliphatic carbocycles. The third kappa shape index (κ3) is 2.02. The van der Waals surface area contributed by atoms with Crippen molar-refractivity contribution in [2.24, 2.45) is 5.41 Å². The SMILES string of the molecule is CCC1(C(=O)Nc2cc(-c3ccoc3C)on2)COC1.